The van der Waals surface area contributed by atoms with E-state index in [9.17, 15) is 19.7 Å². The molecule has 1 aromatic carbocycles. The highest BCUT2D eigenvalue weighted by Crippen LogP contribution is 2.34. The Balaban J connectivity index is 2.59. The predicted octanol–water partition coefficient (Wildman–Crippen LogP) is 4.73. The number of nitro benzene ring substituents is 1. The first-order valence-electron chi connectivity index (χ1n) is 9.08. The zero-order chi connectivity index (χ0) is 22.7. The Kier molecular flexibility index (Phi) is 6.39. The monoisotopic (exact) mass is 416 g/mol. The molecule has 0 radical (unpaired) electrons. The van der Waals surface area contributed by atoms with Crippen LogP contribution in [0.25, 0.3) is 11.1 Å². The summed E-state index contributed by atoms with van der Waals surface area (Å²) in [6, 6.07) is 4.03. The summed E-state index contributed by atoms with van der Waals surface area (Å²) in [5.41, 5.74) is -1.65. The molecule has 0 spiro atoms. The van der Waals surface area contributed by atoms with Gasteiger partial charge >= 0.3 is 12.2 Å². The molecule has 0 fully saturated rings. The average molecular weight is 416 g/mol. The van der Waals surface area contributed by atoms with Gasteiger partial charge in [-0.2, -0.15) is 4.90 Å². The summed E-state index contributed by atoms with van der Waals surface area (Å²) in [6.07, 6.45) is 2.14. The Bertz CT molecular complexity index is 920. The van der Waals surface area contributed by atoms with E-state index in [4.69, 9.17) is 9.47 Å². The lowest BCUT2D eigenvalue weighted by Crippen LogP contribution is -2.44. The lowest BCUT2D eigenvalue weighted by molar-refractivity contribution is -0.384. The van der Waals surface area contributed by atoms with Gasteiger partial charge in [0.25, 0.3) is 5.69 Å². The lowest BCUT2D eigenvalue weighted by Gasteiger charge is -2.28. The SMILES string of the molecule is CC(C)(C)OC(=O)N(C(=O)OC(C)(C)C)c1ccc(-c2cncnc2)cc1[N+](=O)[O-]. The molecule has 0 atom stereocenters. The summed E-state index contributed by atoms with van der Waals surface area (Å²) < 4.78 is 10.6. The number of amides is 2. The third kappa shape index (κ3) is 5.97. The zero-order valence-corrected chi connectivity index (χ0v) is 17.7. The van der Waals surface area contributed by atoms with Crippen molar-refractivity contribution in [2.75, 3.05) is 4.90 Å². The van der Waals surface area contributed by atoms with Crippen molar-refractivity contribution in [2.24, 2.45) is 0 Å². The maximum atomic E-state index is 12.8. The number of nitro groups is 1. The molecule has 2 rings (SSSR count). The largest absolute Gasteiger partial charge is 0.443 e. The van der Waals surface area contributed by atoms with Crippen LogP contribution in [0, 0.1) is 10.1 Å². The number of rotatable bonds is 3. The summed E-state index contributed by atoms with van der Waals surface area (Å²) in [5.74, 6) is 0. The van der Waals surface area contributed by atoms with E-state index in [-0.39, 0.29) is 5.69 Å². The molecule has 0 N–H and O–H groups in total. The summed E-state index contributed by atoms with van der Waals surface area (Å²) in [4.78, 5) is 44.9. The van der Waals surface area contributed by atoms with Gasteiger partial charge < -0.3 is 9.47 Å². The van der Waals surface area contributed by atoms with Crippen LogP contribution in [0.2, 0.25) is 0 Å². The van der Waals surface area contributed by atoms with Gasteiger partial charge in [0, 0.05) is 24.0 Å². The fourth-order valence-electron chi connectivity index (χ4n) is 2.37. The Hall–Kier alpha value is -3.56. The molecule has 0 bridgehead atoms. The summed E-state index contributed by atoms with van der Waals surface area (Å²) in [7, 11) is 0. The first-order chi connectivity index (χ1) is 13.8. The van der Waals surface area contributed by atoms with Crippen LogP contribution in [0.1, 0.15) is 41.5 Å². The number of anilines is 1. The van der Waals surface area contributed by atoms with Crippen LogP contribution >= 0.6 is 0 Å². The van der Waals surface area contributed by atoms with E-state index in [0.29, 0.717) is 16.0 Å². The maximum Gasteiger partial charge on any atom is 0.424 e. The first-order valence-corrected chi connectivity index (χ1v) is 9.08. The molecule has 0 saturated carbocycles. The van der Waals surface area contributed by atoms with Crippen molar-refractivity contribution in [1.29, 1.82) is 0 Å². The Morgan fingerprint density at radius 1 is 0.933 bits per heavy atom. The number of benzene rings is 1. The Labute approximate surface area is 174 Å². The van der Waals surface area contributed by atoms with Crippen molar-refractivity contribution in [2.45, 2.75) is 52.7 Å². The van der Waals surface area contributed by atoms with Crippen LogP contribution in [0.4, 0.5) is 21.0 Å². The number of carbonyl (C=O) groups is 2. The number of nitrogens with zero attached hydrogens (tertiary/aromatic N) is 4. The van der Waals surface area contributed by atoms with E-state index in [1.54, 1.807) is 41.5 Å². The van der Waals surface area contributed by atoms with Gasteiger partial charge in [0.05, 0.1) is 4.92 Å². The highest BCUT2D eigenvalue weighted by molar-refractivity contribution is 6.11. The average Bonchev–Trinajstić information content (AvgIpc) is 2.59. The molecule has 2 aromatic rings. The van der Waals surface area contributed by atoms with Crippen LogP contribution in [-0.2, 0) is 9.47 Å². The second kappa shape index (κ2) is 8.44. The van der Waals surface area contributed by atoms with E-state index in [1.165, 1.54) is 36.9 Å². The maximum absolute atomic E-state index is 12.8. The van der Waals surface area contributed by atoms with Crippen LogP contribution < -0.4 is 4.90 Å². The highest BCUT2D eigenvalue weighted by atomic mass is 16.6. The molecule has 0 aliphatic heterocycles. The quantitative estimate of drug-likeness (QED) is 0.519. The molecule has 0 aliphatic carbocycles. The Morgan fingerprint density at radius 3 is 1.87 bits per heavy atom. The fraction of sp³-hybridized carbons (Fsp3) is 0.400. The summed E-state index contributed by atoms with van der Waals surface area (Å²) in [6.45, 7) is 9.70. The summed E-state index contributed by atoms with van der Waals surface area (Å²) >= 11 is 0. The van der Waals surface area contributed by atoms with E-state index in [2.05, 4.69) is 9.97 Å². The van der Waals surface area contributed by atoms with Crippen molar-refractivity contribution in [3.8, 4) is 11.1 Å². The molecule has 10 nitrogen and oxygen atoms in total. The van der Waals surface area contributed by atoms with E-state index in [0.717, 1.165) is 0 Å². The topological polar surface area (TPSA) is 125 Å². The van der Waals surface area contributed by atoms with Crippen LogP contribution in [-0.4, -0.2) is 38.3 Å². The minimum atomic E-state index is -1.09. The number of ether oxygens (including phenoxy) is 2. The van der Waals surface area contributed by atoms with E-state index in [1.807, 2.05) is 0 Å². The number of aromatic nitrogens is 2. The molecular formula is C20H24N4O6. The highest BCUT2D eigenvalue weighted by Gasteiger charge is 2.36. The first kappa shape index (κ1) is 22.7. The molecule has 2 amide bonds. The minimum absolute atomic E-state index is 0.274. The molecule has 0 unspecified atom stereocenters. The second-order valence-corrected chi connectivity index (χ2v) is 8.38. The molecule has 160 valence electrons. The molecule has 1 heterocycles. The van der Waals surface area contributed by atoms with Crippen molar-refractivity contribution < 1.29 is 24.0 Å². The minimum Gasteiger partial charge on any atom is -0.443 e. The van der Waals surface area contributed by atoms with Crippen LogP contribution in [0.5, 0.6) is 0 Å². The third-order valence-corrected chi connectivity index (χ3v) is 3.46. The summed E-state index contributed by atoms with van der Waals surface area (Å²) in [5, 5.41) is 11.8. The number of hydrogen-bond donors (Lipinski definition) is 0. The standard InChI is InChI=1S/C20H24N4O6/c1-19(2,3)29-17(25)23(18(26)30-20(4,5)6)15-8-7-13(9-16(15)24(27)28)14-10-21-12-22-11-14/h7-12H,1-6H3. The van der Waals surface area contributed by atoms with Gasteiger partial charge in [-0.3, -0.25) is 10.1 Å². The van der Waals surface area contributed by atoms with Crippen molar-refractivity contribution in [3.05, 3.63) is 47.0 Å². The predicted molar refractivity (Wildman–Crippen MR) is 109 cm³/mol. The molecule has 10 heteroatoms. The van der Waals surface area contributed by atoms with Crippen LogP contribution in [0.15, 0.2) is 36.9 Å². The molecule has 1 aromatic heterocycles. The normalized spacial score (nSPS) is 11.5. The van der Waals surface area contributed by atoms with E-state index >= 15 is 0 Å². The van der Waals surface area contributed by atoms with Gasteiger partial charge in [-0.15, -0.1) is 0 Å². The van der Waals surface area contributed by atoms with Gasteiger partial charge in [-0.1, -0.05) is 6.07 Å². The van der Waals surface area contributed by atoms with Crippen molar-refractivity contribution in [1.82, 2.24) is 9.97 Å². The van der Waals surface area contributed by atoms with Gasteiger partial charge in [-0.05, 0) is 53.2 Å². The Morgan fingerprint density at radius 2 is 1.43 bits per heavy atom. The molecule has 30 heavy (non-hydrogen) atoms. The zero-order valence-electron chi connectivity index (χ0n) is 17.7. The third-order valence-electron chi connectivity index (χ3n) is 3.46. The number of carbonyl (C=O) groups excluding carboxylic acids is 2. The van der Waals surface area contributed by atoms with E-state index < -0.39 is 34.0 Å². The second-order valence-electron chi connectivity index (χ2n) is 8.38. The van der Waals surface area contributed by atoms with Gasteiger partial charge in [0.1, 0.15) is 23.2 Å². The number of imide groups is 1. The fourth-order valence-corrected chi connectivity index (χ4v) is 2.37. The van der Waals surface area contributed by atoms with Crippen molar-refractivity contribution in [3.63, 3.8) is 0 Å². The van der Waals surface area contributed by atoms with Gasteiger partial charge in [0.2, 0.25) is 0 Å². The smallest absolute Gasteiger partial charge is 0.424 e. The number of hydrogen-bond acceptors (Lipinski definition) is 8. The molecule has 0 saturated heterocycles. The molecular weight excluding hydrogens is 392 g/mol. The van der Waals surface area contributed by atoms with Gasteiger partial charge in [0.15, 0.2) is 0 Å². The molecule has 0 aliphatic rings. The lowest BCUT2D eigenvalue weighted by atomic mass is 10.1. The van der Waals surface area contributed by atoms with Gasteiger partial charge in [-0.25, -0.2) is 19.6 Å². The van der Waals surface area contributed by atoms with Crippen LogP contribution in [0.3, 0.4) is 0 Å². The van der Waals surface area contributed by atoms with Crippen molar-refractivity contribution >= 4 is 23.6 Å².